The van der Waals surface area contributed by atoms with Crippen molar-refractivity contribution in [2.24, 2.45) is 0 Å². The van der Waals surface area contributed by atoms with E-state index in [0.29, 0.717) is 11.6 Å². The fourth-order valence-corrected chi connectivity index (χ4v) is 3.58. The number of hydrogen-bond donors (Lipinski definition) is 1. The number of furan rings is 1. The summed E-state index contributed by atoms with van der Waals surface area (Å²) >= 11 is 1.54. The average molecular weight is 366 g/mol. The quantitative estimate of drug-likeness (QED) is 0.532. The second-order valence-electron chi connectivity index (χ2n) is 5.90. The molecule has 0 saturated carbocycles. The van der Waals surface area contributed by atoms with Crippen LogP contribution in [0, 0.1) is 0 Å². The number of carbonyl (C=O) groups is 1. The lowest BCUT2D eigenvalue weighted by molar-refractivity contribution is 0.0996. The fourth-order valence-electron chi connectivity index (χ4n) is 2.66. The van der Waals surface area contributed by atoms with Gasteiger partial charge < -0.3 is 9.73 Å². The summed E-state index contributed by atoms with van der Waals surface area (Å²) in [5.74, 6) is 1.22. The monoisotopic (exact) mass is 366 g/mol. The van der Waals surface area contributed by atoms with Crippen LogP contribution >= 0.6 is 11.3 Å². The lowest BCUT2D eigenvalue weighted by atomic mass is 10.3. The number of hydrogen-bond acceptors (Lipinski definition) is 5. The van der Waals surface area contributed by atoms with E-state index in [4.69, 9.17) is 4.42 Å². The van der Waals surface area contributed by atoms with Crippen LogP contribution in [0.1, 0.15) is 30.3 Å². The first kappa shape index (κ1) is 16.5. The molecular weight excluding hydrogens is 348 g/mol. The number of nitrogens with zero attached hydrogens (tertiary/aromatic N) is 3. The van der Waals surface area contributed by atoms with Gasteiger partial charge in [-0.15, -0.1) is 11.3 Å². The number of benzene rings is 1. The smallest absolute Gasteiger partial charge is 0.292 e. The van der Waals surface area contributed by atoms with Crippen LogP contribution in [-0.2, 0) is 6.54 Å². The molecule has 1 N–H and O–H groups in total. The minimum Gasteiger partial charge on any atom is -0.448 e. The van der Waals surface area contributed by atoms with Crippen LogP contribution < -0.4 is 5.32 Å². The predicted molar refractivity (Wildman–Crippen MR) is 102 cm³/mol. The third-order valence-corrected chi connectivity index (χ3v) is 5.07. The maximum Gasteiger partial charge on any atom is 0.292 e. The van der Waals surface area contributed by atoms with Crippen molar-refractivity contribution in [2.45, 2.75) is 26.3 Å². The normalized spacial score (nSPS) is 11.1. The minimum atomic E-state index is -0.296. The highest BCUT2D eigenvalue weighted by Gasteiger charge is 2.16. The van der Waals surface area contributed by atoms with Crippen molar-refractivity contribution >= 4 is 33.3 Å². The molecule has 4 aromatic rings. The molecular formula is C19H18N4O2S. The topological polar surface area (TPSA) is 73.0 Å². The van der Waals surface area contributed by atoms with Crippen molar-refractivity contribution in [3.05, 3.63) is 54.4 Å². The van der Waals surface area contributed by atoms with E-state index in [-0.39, 0.29) is 11.7 Å². The van der Waals surface area contributed by atoms with E-state index >= 15 is 0 Å². The van der Waals surface area contributed by atoms with E-state index in [1.165, 1.54) is 0 Å². The van der Waals surface area contributed by atoms with Crippen LogP contribution in [0.5, 0.6) is 0 Å². The van der Waals surface area contributed by atoms with E-state index in [1.807, 2.05) is 24.3 Å². The zero-order chi connectivity index (χ0) is 17.9. The van der Waals surface area contributed by atoms with Gasteiger partial charge in [0.15, 0.2) is 16.5 Å². The van der Waals surface area contributed by atoms with Crippen molar-refractivity contribution in [1.29, 1.82) is 0 Å². The van der Waals surface area contributed by atoms with Crippen LogP contribution in [0.2, 0.25) is 0 Å². The highest BCUT2D eigenvalue weighted by Crippen LogP contribution is 2.31. The van der Waals surface area contributed by atoms with E-state index < -0.39 is 0 Å². The van der Waals surface area contributed by atoms with Gasteiger partial charge in [-0.05, 0) is 30.7 Å². The highest BCUT2D eigenvalue weighted by atomic mass is 32.1. The molecule has 0 spiro atoms. The summed E-state index contributed by atoms with van der Waals surface area (Å²) in [5, 5.41) is 7.86. The molecule has 0 unspecified atom stereocenters. The average Bonchev–Trinajstić information content (AvgIpc) is 3.38. The molecule has 6 nitrogen and oxygen atoms in total. The molecule has 3 heterocycles. The zero-order valence-corrected chi connectivity index (χ0v) is 15.1. The molecule has 0 saturated heterocycles. The van der Waals surface area contributed by atoms with Crippen molar-refractivity contribution in [3.8, 4) is 10.8 Å². The number of aromatic nitrogens is 3. The Morgan fingerprint density at radius 1 is 1.23 bits per heavy atom. The number of fused-ring (bicyclic) bond motifs is 1. The molecule has 0 aliphatic heterocycles. The Kier molecular flexibility index (Phi) is 4.53. The van der Waals surface area contributed by atoms with Gasteiger partial charge in [0.05, 0.1) is 16.4 Å². The first-order valence-corrected chi connectivity index (χ1v) is 9.35. The summed E-state index contributed by atoms with van der Waals surface area (Å²) in [5.41, 5.74) is 0.926. The number of carbonyl (C=O) groups excluding carboxylic acids is 1. The molecule has 0 aliphatic carbocycles. The number of unbranched alkanes of at least 4 members (excludes halogenated alkanes) is 1. The first-order chi connectivity index (χ1) is 12.7. The first-order valence-electron chi connectivity index (χ1n) is 8.53. The Morgan fingerprint density at radius 3 is 2.96 bits per heavy atom. The van der Waals surface area contributed by atoms with Crippen molar-refractivity contribution in [1.82, 2.24) is 14.8 Å². The van der Waals surface area contributed by atoms with Gasteiger partial charge >= 0.3 is 0 Å². The summed E-state index contributed by atoms with van der Waals surface area (Å²) in [6.45, 7) is 2.89. The molecule has 0 fully saturated rings. The van der Waals surface area contributed by atoms with Gasteiger partial charge in [-0.25, -0.2) is 9.67 Å². The van der Waals surface area contributed by atoms with Crippen molar-refractivity contribution in [3.63, 3.8) is 0 Å². The van der Waals surface area contributed by atoms with Crippen molar-refractivity contribution < 1.29 is 9.21 Å². The Morgan fingerprint density at radius 2 is 2.12 bits per heavy atom. The number of para-hydroxylation sites is 1. The van der Waals surface area contributed by atoms with Crippen LogP contribution in [-0.4, -0.2) is 20.7 Å². The van der Waals surface area contributed by atoms with Gasteiger partial charge in [0, 0.05) is 12.6 Å². The van der Waals surface area contributed by atoms with Crippen LogP contribution in [0.15, 0.2) is 53.1 Å². The lowest BCUT2D eigenvalue weighted by Gasteiger charge is -2.07. The Labute approximate surface area is 154 Å². The maximum atomic E-state index is 12.5. The van der Waals surface area contributed by atoms with Crippen molar-refractivity contribution in [2.75, 3.05) is 5.32 Å². The van der Waals surface area contributed by atoms with Gasteiger partial charge in [0.1, 0.15) is 5.82 Å². The van der Waals surface area contributed by atoms with E-state index in [9.17, 15) is 4.79 Å². The van der Waals surface area contributed by atoms with Crippen LogP contribution in [0.25, 0.3) is 21.0 Å². The highest BCUT2D eigenvalue weighted by molar-refractivity contribution is 7.21. The van der Waals surface area contributed by atoms with E-state index in [0.717, 1.165) is 34.6 Å². The third kappa shape index (κ3) is 3.25. The number of amides is 1. The van der Waals surface area contributed by atoms with Gasteiger partial charge in [0.25, 0.3) is 5.91 Å². The second-order valence-corrected chi connectivity index (χ2v) is 6.93. The molecule has 132 valence electrons. The Balaban J connectivity index is 1.52. The summed E-state index contributed by atoms with van der Waals surface area (Å²) in [7, 11) is 0. The molecule has 26 heavy (non-hydrogen) atoms. The second kappa shape index (κ2) is 7.13. The summed E-state index contributed by atoms with van der Waals surface area (Å²) in [6.07, 6.45) is 3.75. The fraction of sp³-hybridized carbons (Fsp3) is 0.211. The molecule has 1 amide bonds. The maximum absolute atomic E-state index is 12.5. The van der Waals surface area contributed by atoms with Gasteiger partial charge in [0.2, 0.25) is 0 Å². The summed E-state index contributed by atoms with van der Waals surface area (Å²) in [6, 6.07) is 13.1. The van der Waals surface area contributed by atoms with Crippen LogP contribution in [0.4, 0.5) is 5.82 Å². The van der Waals surface area contributed by atoms with Gasteiger partial charge in [-0.2, -0.15) is 5.10 Å². The molecule has 3 aromatic heterocycles. The summed E-state index contributed by atoms with van der Waals surface area (Å²) in [4.78, 5) is 17.1. The number of aryl methyl sites for hydroxylation is 1. The largest absolute Gasteiger partial charge is 0.448 e. The molecule has 0 atom stereocenters. The summed E-state index contributed by atoms with van der Waals surface area (Å²) < 4.78 is 8.62. The molecule has 0 aliphatic rings. The molecule has 4 rings (SSSR count). The number of nitrogens with one attached hydrogen (secondary N) is 1. The van der Waals surface area contributed by atoms with Crippen LogP contribution in [0.3, 0.4) is 0 Å². The minimum absolute atomic E-state index is 0.252. The number of thiazole rings is 1. The molecule has 0 bridgehead atoms. The Hall–Kier alpha value is -2.93. The Bertz CT molecular complexity index is 1010. The van der Waals surface area contributed by atoms with E-state index in [1.54, 1.807) is 40.4 Å². The van der Waals surface area contributed by atoms with Gasteiger partial charge in [-0.1, -0.05) is 25.5 Å². The molecule has 1 aromatic carbocycles. The zero-order valence-electron chi connectivity index (χ0n) is 14.3. The number of rotatable bonds is 6. The van der Waals surface area contributed by atoms with E-state index in [2.05, 4.69) is 22.3 Å². The standard InChI is InChI=1S/C19H18N4O2S/c1-2-3-12-23-17(10-11-20-23)22-18(24)14-8-9-15(25-14)19-21-13-6-4-5-7-16(13)26-19/h4-11H,2-3,12H2,1H3,(H,22,24). The predicted octanol–water partition coefficient (Wildman–Crippen LogP) is 4.81. The van der Waals surface area contributed by atoms with Gasteiger partial charge in [-0.3, -0.25) is 4.79 Å². The lowest BCUT2D eigenvalue weighted by Crippen LogP contribution is -2.15. The molecule has 7 heteroatoms. The third-order valence-electron chi connectivity index (χ3n) is 4.02. The SMILES string of the molecule is CCCCn1nccc1NC(=O)c1ccc(-c2nc3ccccc3s2)o1. The molecule has 0 radical (unpaired) electrons. The number of anilines is 1.